The van der Waals surface area contributed by atoms with Gasteiger partial charge in [0.2, 0.25) is 6.20 Å². The lowest BCUT2D eigenvalue weighted by molar-refractivity contribution is -0.404. The van der Waals surface area contributed by atoms with Crippen LogP contribution in [0.5, 0.6) is 0 Å². The smallest absolute Gasteiger partial charge is 0.236 e. The first-order chi connectivity index (χ1) is 8.15. The average Bonchev–Trinajstić information content (AvgIpc) is 2.14. The maximum Gasteiger partial charge on any atom is 0.236 e. The van der Waals surface area contributed by atoms with Crippen molar-refractivity contribution in [2.75, 3.05) is 0 Å². The number of hydrogen-bond acceptors (Lipinski definition) is 4. The van der Waals surface area contributed by atoms with Crippen molar-refractivity contribution in [3.05, 3.63) is 33.5 Å². The van der Waals surface area contributed by atoms with Crippen LogP contribution < -0.4 is 0 Å². The lowest BCUT2D eigenvalue weighted by Gasteiger charge is -2.21. The number of nitrogens with zero attached hydrogens (tertiary/aromatic N) is 1. The molecule has 1 N–H and O–H groups in total. The van der Waals surface area contributed by atoms with E-state index in [0.29, 0.717) is 12.8 Å². The molecule has 0 bridgehead atoms. The first kappa shape index (κ1) is 16.5. The standard InChI is InChI=1S/C13H21NO4/c1-10(2)6-5-7-12(15)8-13(4,16)11(3)9-14(17)18/h6,9,16H,5,7-8H2,1-4H3/b11-9+. The molecule has 0 radical (unpaired) electrons. The fraction of sp³-hybridized carbons (Fsp3) is 0.615. The molecule has 102 valence electrons. The van der Waals surface area contributed by atoms with E-state index in [2.05, 4.69) is 0 Å². The number of aliphatic hydroxyl groups is 1. The number of Topliss-reactive ketones (excluding diaryl/α,β-unsaturated/α-hetero) is 1. The third kappa shape index (κ3) is 6.96. The fourth-order valence-corrected chi connectivity index (χ4v) is 1.43. The summed E-state index contributed by atoms with van der Waals surface area (Å²) in [6.07, 6.45) is 3.57. The molecule has 1 unspecified atom stereocenters. The zero-order chi connectivity index (χ0) is 14.3. The molecule has 0 heterocycles. The Morgan fingerprint density at radius 1 is 1.39 bits per heavy atom. The highest BCUT2D eigenvalue weighted by molar-refractivity contribution is 5.80. The molecule has 5 nitrogen and oxygen atoms in total. The molecular weight excluding hydrogens is 234 g/mol. The quantitative estimate of drug-likeness (QED) is 0.431. The molecular formula is C13H21NO4. The Labute approximate surface area is 107 Å². The third-order valence-corrected chi connectivity index (χ3v) is 2.67. The summed E-state index contributed by atoms with van der Waals surface area (Å²) >= 11 is 0. The van der Waals surface area contributed by atoms with Gasteiger partial charge in [-0.2, -0.15) is 0 Å². The second-order valence-electron chi connectivity index (χ2n) is 4.91. The third-order valence-electron chi connectivity index (χ3n) is 2.67. The van der Waals surface area contributed by atoms with Gasteiger partial charge in [-0.1, -0.05) is 11.6 Å². The molecule has 0 aliphatic rings. The number of carbonyl (C=O) groups is 1. The number of allylic oxidation sites excluding steroid dienone is 2. The minimum atomic E-state index is -1.45. The van der Waals surface area contributed by atoms with E-state index >= 15 is 0 Å². The lowest BCUT2D eigenvalue weighted by Crippen LogP contribution is -2.29. The highest BCUT2D eigenvalue weighted by atomic mass is 16.6. The summed E-state index contributed by atoms with van der Waals surface area (Å²) in [5.41, 5.74) is -0.128. The molecule has 0 aliphatic carbocycles. The number of nitro groups is 1. The molecule has 0 saturated heterocycles. The Hall–Kier alpha value is -1.49. The van der Waals surface area contributed by atoms with Gasteiger partial charge in [-0.15, -0.1) is 0 Å². The molecule has 18 heavy (non-hydrogen) atoms. The van der Waals surface area contributed by atoms with E-state index in [1.165, 1.54) is 13.8 Å². The Bertz CT molecular complexity index is 376. The Kier molecular flexibility index (Phi) is 6.47. The summed E-state index contributed by atoms with van der Waals surface area (Å²) in [4.78, 5) is 21.3. The van der Waals surface area contributed by atoms with Gasteiger partial charge in [0.1, 0.15) is 5.78 Å². The van der Waals surface area contributed by atoms with Gasteiger partial charge in [-0.25, -0.2) is 0 Å². The molecule has 0 rings (SSSR count). The summed E-state index contributed by atoms with van der Waals surface area (Å²) in [5, 5.41) is 20.3. The fourth-order valence-electron chi connectivity index (χ4n) is 1.43. The van der Waals surface area contributed by atoms with Crippen molar-refractivity contribution < 1.29 is 14.8 Å². The van der Waals surface area contributed by atoms with Gasteiger partial charge in [0.25, 0.3) is 0 Å². The van der Waals surface area contributed by atoms with Crippen molar-refractivity contribution >= 4 is 5.78 Å². The van der Waals surface area contributed by atoms with E-state index in [1.807, 2.05) is 19.9 Å². The van der Waals surface area contributed by atoms with E-state index in [0.717, 1.165) is 11.8 Å². The maximum atomic E-state index is 11.6. The highest BCUT2D eigenvalue weighted by Crippen LogP contribution is 2.21. The Balaban J connectivity index is 4.45. The first-order valence-corrected chi connectivity index (χ1v) is 5.85. The molecule has 0 saturated carbocycles. The van der Waals surface area contributed by atoms with Crippen LogP contribution in [0.25, 0.3) is 0 Å². The van der Waals surface area contributed by atoms with Gasteiger partial charge in [0.15, 0.2) is 0 Å². The van der Waals surface area contributed by atoms with Crippen molar-refractivity contribution in [3.8, 4) is 0 Å². The van der Waals surface area contributed by atoms with Gasteiger partial charge in [-0.3, -0.25) is 14.9 Å². The first-order valence-electron chi connectivity index (χ1n) is 5.85. The van der Waals surface area contributed by atoms with Crippen molar-refractivity contribution in [1.29, 1.82) is 0 Å². The van der Waals surface area contributed by atoms with Gasteiger partial charge in [-0.05, 0) is 34.1 Å². The molecule has 1 atom stereocenters. The normalized spacial score (nSPS) is 14.8. The molecule has 0 aromatic rings. The Morgan fingerprint density at radius 2 is 1.94 bits per heavy atom. The second-order valence-corrected chi connectivity index (χ2v) is 4.91. The summed E-state index contributed by atoms with van der Waals surface area (Å²) in [6, 6.07) is 0. The highest BCUT2D eigenvalue weighted by Gasteiger charge is 2.27. The monoisotopic (exact) mass is 255 g/mol. The van der Waals surface area contributed by atoms with Crippen molar-refractivity contribution in [2.45, 2.75) is 52.6 Å². The van der Waals surface area contributed by atoms with Gasteiger partial charge in [0.05, 0.1) is 10.5 Å². The number of rotatable bonds is 7. The van der Waals surface area contributed by atoms with Crippen LogP contribution in [0, 0.1) is 10.1 Å². The zero-order valence-electron chi connectivity index (χ0n) is 11.4. The molecule has 0 amide bonds. The van der Waals surface area contributed by atoms with Crippen LogP contribution in [0.1, 0.15) is 47.0 Å². The van der Waals surface area contributed by atoms with E-state index < -0.39 is 10.5 Å². The SMILES string of the molecule is CC(C)=CCCC(=O)CC(C)(O)/C(C)=C/[N+](=O)[O-]. The zero-order valence-corrected chi connectivity index (χ0v) is 11.4. The average molecular weight is 255 g/mol. The largest absolute Gasteiger partial charge is 0.385 e. The molecule has 5 heteroatoms. The predicted molar refractivity (Wildman–Crippen MR) is 69.7 cm³/mol. The van der Waals surface area contributed by atoms with Crippen LogP contribution in [0.3, 0.4) is 0 Å². The van der Waals surface area contributed by atoms with Crippen LogP contribution in [0.4, 0.5) is 0 Å². The van der Waals surface area contributed by atoms with Crippen molar-refractivity contribution in [3.63, 3.8) is 0 Å². The molecule has 0 aromatic heterocycles. The second kappa shape index (κ2) is 7.06. The van der Waals surface area contributed by atoms with Crippen LogP contribution in [0.15, 0.2) is 23.4 Å². The maximum absolute atomic E-state index is 11.6. The molecule has 0 spiro atoms. The minimum Gasteiger partial charge on any atom is -0.385 e. The van der Waals surface area contributed by atoms with Crippen molar-refractivity contribution in [1.82, 2.24) is 0 Å². The molecule has 0 fully saturated rings. The van der Waals surface area contributed by atoms with Crippen LogP contribution in [0.2, 0.25) is 0 Å². The van der Waals surface area contributed by atoms with Crippen LogP contribution in [-0.4, -0.2) is 21.4 Å². The van der Waals surface area contributed by atoms with Gasteiger partial charge < -0.3 is 5.11 Å². The summed E-state index contributed by atoms with van der Waals surface area (Å²) in [7, 11) is 0. The van der Waals surface area contributed by atoms with E-state index in [4.69, 9.17) is 0 Å². The van der Waals surface area contributed by atoms with Crippen LogP contribution in [-0.2, 0) is 4.79 Å². The van der Waals surface area contributed by atoms with Gasteiger partial charge in [0, 0.05) is 18.4 Å². The van der Waals surface area contributed by atoms with Gasteiger partial charge >= 0.3 is 0 Å². The van der Waals surface area contributed by atoms with E-state index in [9.17, 15) is 20.0 Å². The number of hydrogen-bond donors (Lipinski definition) is 1. The molecule has 0 aliphatic heterocycles. The number of ketones is 1. The van der Waals surface area contributed by atoms with Crippen molar-refractivity contribution in [2.24, 2.45) is 0 Å². The number of carbonyl (C=O) groups excluding carboxylic acids is 1. The molecule has 0 aromatic carbocycles. The van der Waals surface area contributed by atoms with E-state index in [-0.39, 0.29) is 17.8 Å². The predicted octanol–water partition coefficient (Wildman–Crippen LogP) is 2.62. The summed E-state index contributed by atoms with van der Waals surface area (Å²) in [6.45, 7) is 6.77. The summed E-state index contributed by atoms with van der Waals surface area (Å²) < 4.78 is 0. The Morgan fingerprint density at radius 3 is 2.39 bits per heavy atom. The minimum absolute atomic E-state index is 0.0974. The summed E-state index contributed by atoms with van der Waals surface area (Å²) in [5.74, 6) is -0.103. The topological polar surface area (TPSA) is 80.4 Å². The van der Waals surface area contributed by atoms with Crippen LogP contribution >= 0.6 is 0 Å². The van der Waals surface area contributed by atoms with E-state index in [1.54, 1.807) is 0 Å². The lowest BCUT2D eigenvalue weighted by atomic mass is 9.90.